The maximum Gasteiger partial charge on any atom is 0.244 e. The molecule has 9 heteroatoms. The Morgan fingerprint density at radius 1 is 0.676 bits per heavy atom. The summed E-state index contributed by atoms with van der Waals surface area (Å²) in [6, 6.07) is 23.8. The maximum absolute atomic E-state index is 13.6. The highest BCUT2D eigenvalue weighted by Crippen LogP contribution is 2.39. The Morgan fingerprint density at radius 3 is 1.47 bits per heavy atom. The molecule has 0 saturated carbocycles. The summed E-state index contributed by atoms with van der Waals surface area (Å²) in [5.74, 6) is 0. The lowest BCUT2D eigenvalue weighted by atomic mass is 10.1. The van der Waals surface area contributed by atoms with E-state index in [1.807, 2.05) is 24.3 Å². The van der Waals surface area contributed by atoms with Gasteiger partial charge in [-0.05, 0) is 55.8 Å². The number of hydrogen-bond donors (Lipinski definition) is 0. The molecule has 3 aromatic carbocycles. The summed E-state index contributed by atoms with van der Waals surface area (Å²) in [5, 5.41) is 0. The smallest absolute Gasteiger partial charge is 0.244 e. The van der Waals surface area contributed by atoms with Gasteiger partial charge in [-0.25, -0.2) is 16.8 Å². The van der Waals surface area contributed by atoms with Crippen molar-refractivity contribution >= 4 is 25.7 Å². The second kappa shape index (κ2) is 9.87. The third kappa shape index (κ3) is 4.48. The second-order valence-corrected chi connectivity index (χ2v) is 11.8. The first-order valence-corrected chi connectivity index (χ1v) is 14.2. The van der Waals surface area contributed by atoms with E-state index in [9.17, 15) is 16.8 Å². The van der Waals surface area contributed by atoms with Crippen LogP contribution in [0.3, 0.4) is 0 Å². The molecule has 0 bridgehead atoms. The van der Waals surface area contributed by atoms with Crippen molar-refractivity contribution in [3.05, 3.63) is 90.5 Å². The van der Waals surface area contributed by atoms with E-state index in [-0.39, 0.29) is 22.9 Å². The minimum absolute atomic E-state index is 0.0613. The first-order valence-electron chi connectivity index (χ1n) is 11.3. The van der Waals surface area contributed by atoms with Crippen molar-refractivity contribution in [2.75, 3.05) is 31.1 Å². The largest absolute Gasteiger partial charge is 0.372 e. The van der Waals surface area contributed by atoms with Gasteiger partial charge < -0.3 is 4.90 Å². The molecule has 0 aromatic heterocycles. The average Bonchev–Trinajstić information content (AvgIpc) is 3.33. The van der Waals surface area contributed by atoms with Crippen molar-refractivity contribution in [1.82, 2.24) is 8.61 Å². The van der Waals surface area contributed by atoms with Crippen molar-refractivity contribution in [2.45, 2.75) is 29.8 Å². The van der Waals surface area contributed by atoms with Gasteiger partial charge in [0.1, 0.15) is 6.17 Å². The summed E-state index contributed by atoms with van der Waals surface area (Å²) in [7, 11) is -7.86. The number of hydrogen-bond acceptors (Lipinski definition) is 5. The fraction of sp³-hybridized carbons (Fsp3) is 0.280. The lowest BCUT2D eigenvalue weighted by molar-refractivity contribution is 0.292. The molecule has 1 heterocycles. The van der Waals surface area contributed by atoms with Crippen molar-refractivity contribution in [1.29, 1.82) is 0 Å². The Bertz CT molecular complexity index is 1230. The van der Waals surface area contributed by atoms with E-state index in [0.717, 1.165) is 18.8 Å². The quantitative estimate of drug-likeness (QED) is 0.469. The molecular formula is C25H29N3O4S2. The van der Waals surface area contributed by atoms with Gasteiger partial charge in [-0.1, -0.05) is 48.5 Å². The van der Waals surface area contributed by atoms with E-state index in [1.165, 1.54) is 32.9 Å². The Morgan fingerprint density at radius 2 is 1.09 bits per heavy atom. The molecule has 1 aliphatic heterocycles. The lowest BCUT2D eigenvalue weighted by Crippen LogP contribution is -2.38. The summed E-state index contributed by atoms with van der Waals surface area (Å²) in [4.78, 5) is 2.45. The zero-order valence-corrected chi connectivity index (χ0v) is 20.9. The van der Waals surface area contributed by atoms with Crippen LogP contribution < -0.4 is 4.90 Å². The molecule has 0 spiro atoms. The predicted molar refractivity (Wildman–Crippen MR) is 133 cm³/mol. The third-order valence-electron chi connectivity index (χ3n) is 6.11. The van der Waals surface area contributed by atoms with E-state index in [0.29, 0.717) is 5.56 Å². The van der Waals surface area contributed by atoms with Gasteiger partial charge >= 0.3 is 0 Å². The molecular weight excluding hydrogens is 470 g/mol. The van der Waals surface area contributed by atoms with Crippen molar-refractivity contribution in [3.8, 4) is 0 Å². The molecule has 1 aliphatic rings. The van der Waals surface area contributed by atoms with Gasteiger partial charge in [0.15, 0.2) is 0 Å². The van der Waals surface area contributed by atoms with Crippen LogP contribution in [0.5, 0.6) is 0 Å². The van der Waals surface area contributed by atoms with E-state index >= 15 is 0 Å². The summed E-state index contributed by atoms with van der Waals surface area (Å²) >= 11 is 0. The predicted octanol–water partition coefficient (Wildman–Crippen LogP) is 3.93. The molecule has 0 radical (unpaired) electrons. The van der Waals surface area contributed by atoms with Gasteiger partial charge in [-0.2, -0.15) is 8.61 Å². The van der Waals surface area contributed by atoms with Crippen LogP contribution in [0.4, 0.5) is 5.69 Å². The minimum atomic E-state index is -3.93. The van der Waals surface area contributed by atoms with Crippen molar-refractivity contribution in [3.63, 3.8) is 0 Å². The molecule has 180 valence electrons. The molecule has 0 atom stereocenters. The van der Waals surface area contributed by atoms with E-state index in [4.69, 9.17) is 0 Å². The first-order chi connectivity index (χ1) is 16.3. The van der Waals surface area contributed by atoms with E-state index in [1.54, 1.807) is 36.4 Å². The van der Waals surface area contributed by atoms with Crippen LogP contribution in [-0.4, -0.2) is 51.6 Å². The standard InChI is InChI=1S/C25H29N3O4S2/c1-3-26(4-2)22-17-15-21(16-18-22)25-27(33(29,30)23-11-7-5-8-12-23)19-20-28(25)34(31,32)24-13-9-6-10-14-24/h5-18,25H,3-4,19-20H2,1-2H3. The van der Waals surface area contributed by atoms with Gasteiger partial charge in [-0.15, -0.1) is 0 Å². The summed E-state index contributed by atoms with van der Waals surface area (Å²) in [6.45, 7) is 5.93. The average molecular weight is 500 g/mol. The highest BCUT2D eigenvalue weighted by Gasteiger charge is 2.46. The molecule has 4 rings (SSSR count). The number of sulfonamides is 2. The Kier molecular flexibility index (Phi) is 7.09. The third-order valence-corrected chi connectivity index (χ3v) is 9.84. The van der Waals surface area contributed by atoms with Crippen LogP contribution in [0.25, 0.3) is 0 Å². The molecule has 0 N–H and O–H groups in total. The summed E-state index contributed by atoms with van der Waals surface area (Å²) < 4.78 is 56.9. The number of rotatable bonds is 8. The first kappa shape index (κ1) is 24.4. The van der Waals surface area contributed by atoms with Crippen LogP contribution in [-0.2, 0) is 20.0 Å². The monoisotopic (exact) mass is 499 g/mol. The number of nitrogens with zero attached hydrogens (tertiary/aromatic N) is 3. The van der Waals surface area contributed by atoms with Crippen LogP contribution in [0.15, 0.2) is 94.7 Å². The molecule has 0 unspecified atom stereocenters. The molecule has 34 heavy (non-hydrogen) atoms. The fourth-order valence-corrected chi connectivity index (χ4v) is 7.57. The van der Waals surface area contributed by atoms with Crippen LogP contribution >= 0.6 is 0 Å². The van der Waals surface area contributed by atoms with Crippen LogP contribution in [0.1, 0.15) is 25.6 Å². The zero-order valence-electron chi connectivity index (χ0n) is 19.3. The maximum atomic E-state index is 13.6. The fourth-order valence-electron chi connectivity index (χ4n) is 4.32. The van der Waals surface area contributed by atoms with Crippen molar-refractivity contribution < 1.29 is 16.8 Å². The van der Waals surface area contributed by atoms with Gasteiger partial charge in [0.25, 0.3) is 0 Å². The van der Waals surface area contributed by atoms with Gasteiger partial charge in [0.05, 0.1) is 9.79 Å². The SMILES string of the molecule is CCN(CC)c1ccc(C2N(S(=O)(=O)c3ccccc3)CCN2S(=O)(=O)c2ccccc2)cc1. The van der Waals surface area contributed by atoms with Gasteiger partial charge in [0, 0.05) is 31.9 Å². The minimum Gasteiger partial charge on any atom is -0.372 e. The second-order valence-electron chi connectivity index (χ2n) is 8.00. The van der Waals surface area contributed by atoms with Crippen LogP contribution in [0, 0.1) is 0 Å². The van der Waals surface area contributed by atoms with Gasteiger partial charge in [-0.3, -0.25) is 0 Å². The lowest BCUT2D eigenvalue weighted by Gasteiger charge is -2.30. The van der Waals surface area contributed by atoms with E-state index < -0.39 is 26.2 Å². The summed E-state index contributed by atoms with van der Waals surface area (Å²) in [5.41, 5.74) is 1.61. The van der Waals surface area contributed by atoms with Crippen molar-refractivity contribution in [2.24, 2.45) is 0 Å². The molecule has 7 nitrogen and oxygen atoms in total. The Labute approximate surface area is 202 Å². The highest BCUT2D eigenvalue weighted by molar-refractivity contribution is 7.90. The van der Waals surface area contributed by atoms with E-state index in [2.05, 4.69) is 18.7 Å². The highest BCUT2D eigenvalue weighted by atomic mass is 32.2. The molecule has 1 fully saturated rings. The molecule has 3 aromatic rings. The number of anilines is 1. The topological polar surface area (TPSA) is 78.0 Å². The molecule has 0 aliphatic carbocycles. The summed E-state index contributed by atoms with van der Waals surface area (Å²) in [6.07, 6.45) is -0.985. The molecule has 1 saturated heterocycles. The Hall–Kier alpha value is -2.72. The zero-order chi connectivity index (χ0) is 24.3. The normalized spacial score (nSPS) is 16.1. The molecule has 0 amide bonds. The van der Waals surface area contributed by atoms with Crippen LogP contribution in [0.2, 0.25) is 0 Å². The van der Waals surface area contributed by atoms with Gasteiger partial charge in [0.2, 0.25) is 20.0 Å². The Balaban J connectivity index is 1.81. The number of benzene rings is 3.